The zero-order chi connectivity index (χ0) is 12.3. The second-order valence-corrected chi connectivity index (χ2v) is 4.87. The summed E-state index contributed by atoms with van der Waals surface area (Å²) in [5, 5.41) is 3.30. The minimum atomic E-state index is 0.965. The van der Waals surface area contributed by atoms with E-state index in [9.17, 15) is 0 Å². The summed E-state index contributed by atoms with van der Waals surface area (Å²) < 4.78 is 0.965. The highest BCUT2D eigenvalue weighted by Gasteiger charge is 1.98. The van der Waals surface area contributed by atoms with Crippen molar-refractivity contribution in [2.45, 2.75) is 0 Å². The van der Waals surface area contributed by atoms with Crippen molar-refractivity contribution in [2.75, 3.05) is 24.3 Å². The molecule has 0 aliphatic heterocycles. The van der Waals surface area contributed by atoms with Crippen molar-refractivity contribution in [2.24, 2.45) is 0 Å². The largest absolute Gasteiger partial charge is 0.378 e. The number of pyridine rings is 1. The number of halogens is 1. The maximum absolute atomic E-state index is 4.11. The fourth-order valence-electron chi connectivity index (χ4n) is 1.49. The Bertz CT molecular complexity index is 494. The zero-order valence-electron chi connectivity index (χ0n) is 9.81. The Morgan fingerprint density at radius 1 is 1.06 bits per heavy atom. The van der Waals surface area contributed by atoms with E-state index >= 15 is 0 Å². The molecule has 17 heavy (non-hydrogen) atoms. The predicted octanol–water partition coefficient (Wildman–Crippen LogP) is 3.65. The van der Waals surface area contributed by atoms with Crippen molar-refractivity contribution in [3.8, 4) is 0 Å². The maximum atomic E-state index is 4.11. The Balaban J connectivity index is 2.14. The van der Waals surface area contributed by atoms with Crippen LogP contribution >= 0.6 is 15.9 Å². The Morgan fingerprint density at radius 3 is 2.35 bits per heavy atom. The minimum absolute atomic E-state index is 0.965. The molecule has 0 bridgehead atoms. The van der Waals surface area contributed by atoms with Gasteiger partial charge in [-0.2, -0.15) is 0 Å². The van der Waals surface area contributed by atoms with Crippen LogP contribution in [0.1, 0.15) is 0 Å². The minimum Gasteiger partial charge on any atom is -0.378 e. The first-order valence-electron chi connectivity index (χ1n) is 5.30. The molecule has 0 atom stereocenters. The lowest BCUT2D eigenvalue weighted by molar-refractivity contribution is 1.13. The van der Waals surface area contributed by atoms with E-state index in [4.69, 9.17) is 0 Å². The maximum Gasteiger partial charge on any atom is 0.0582 e. The van der Waals surface area contributed by atoms with Gasteiger partial charge >= 0.3 is 0 Å². The van der Waals surface area contributed by atoms with Gasteiger partial charge in [0, 0.05) is 36.1 Å². The molecule has 0 fully saturated rings. The molecule has 0 unspecified atom stereocenters. The zero-order valence-corrected chi connectivity index (χ0v) is 11.4. The van der Waals surface area contributed by atoms with E-state index in [0.717, 1.165) is 15.8 Å². The third-order valence-electron chi connectivity index (χ3n) is 2.38. The van der Waals surface area contributed by atoms with Crippen LogP contribution in [0.2, 0.25) is 0 Å². The number of anilines is 3. The number of hydrogen-bond donors (Lipinski definition) is 1. The average molecular weight is 292 g/mol. The molecule has 2 aromatic rings. The highest BCUT2D eigenvalue weighted by atomic mass is 79.9. The molecule has 0 saturated heterocycles. The average Bonchev–Trinajstić information content (AvgIpc) is 2.29. The summed E-state index contributed by atoms with van der Waals surface area (Å²) >= 11 is 3.40. The van der Waals surface area contributed by atoms with Gasteiger partial charge in [-0.3, -0.25) is 4.98 Å². The molecule has 2 rings (SSSR count). The summed E-state index contributed by atoms with van der Waals surface area (Å²) in [6.07, 6.45) is 3.56. The Labute approximate surface area is 110 Å². The van der Waals surface area contributed by atoms with Crippen LogP contribution in [0.3, 0.4) is 0 Å². The van der Waals surface area contributed by atoms with Gasteiger partial charge in [0.1, 0.15) is 0 Å². The van der Waals surface area contributed by atoms with Crippen molar-refractivity contribution in [1.29, 1.82) is 0 Å². The fourth-order valence-corrected chi connectivity index (χ4v) is 1.85. The van der Waals surface area contributed by atoms with E-state index in [1.54, 1.807) is 12.4 Å². The monoisotopic (exact) mass is 291 g/mol. The van der Waals surface area contributed by atoms with Gasteiger partial charge in [0.05, 0.1) is 11.9 Å². The number of benzene rings is 1. The molecule has 0 amide bonds. The third kappa shape index (κ3) is 3.20. The van der Waals surface area contributed by atoms with E-state index in [-0.39, 0.29) is 0 Å². The molecule has 4 heteroatoms. The smallest absolute Gasteiger partial charge is 0.0582 e. The second-order valence-electron chi connectivity index (χ2n) is 3.96. The first-order chi connectivity index (χ1) is 8.15. The standard InChI is InChI=1S/C13H14BrN3/c1-17(2)13-5-3-11(4-6-13)16-12-7-10(14)8-15-9-12/h3-9,16H,1-2H3. The van der Waals surface area contributed by atoms with Crippen molar-refractivity contribution < 1.29 is 0 Å². The van der Waals surface area contributed by atoms with Crippen molar-refractivity contribution >= 4 is 33.0 Å². The lowest BCUT2D eigenvalue weighted by atomic mass is 10.2. The highest BCUT2D eigenvalue weighted by molar-refractivity contribution is 9.10. The lowest BCUT2D eigenvalue weighted by Gasteiger charge is -2.13. The quantitative estimate of drug-likeness (QED) is 0.936. The summed E-state index contributed by atoms with van der Waals surface area (Å²) in [4.78, 5) is 6.18. The summed E-state index contributed by atoms with van der Waals surface area (Å²) in [7, 11) is 4.06. The second kappa shape index (κ2) is 5.19. The van der Waals surface area contributed by atoms with Gasteiger partial charge in [0.25, 0.3) is 0 Å². The van der Waals surface area contributed by atoms with Crippen LogP contribution in [-0.2, 0) is 0 Å². The van der Waals surface area contributed by atoms with Crippen LogP contribution in [0.25, 0.3) is 0 Å². The Morgan fingerprint density at radius 2 is 1.76 bits per heavy atom. The summed E-state index contributed by atoms with van der Waals surface area (Å²) in [6, 6.07) is 10.3. The Hall–Kier alpha value is -1.55. The number of rotatable bonds is 3. The molecule has 0 aliphatic carbocycles. The summed E-state index contributed by atoms with van der Waals surface area (Å²) in [6.45, 7) is 0. The van der Waals surface area contributed by atoms with Crippen LogP contribution < -0.4 is 10.2 Å². The van der Waals surface area contributed by atoms with Crippen LogP contribution in [0, 0.1) is 0 Å². The van der Waals surface area contributed by atoms with Gasteiger partial charge in [-0.25, -0.2) is 0 Å². The molecule has 1 heterocycles. The number of nitrogens with one attached hydrogen (secondary N) is 1. The molecular weight excluding hydrogens is 278 g/mol. The van der Waals surface area contributed by atoms with Gasteiger partial charge in [0.2, 0.25) is 0 Å². The van der Waals surface area contributed by atoms with Gasteiger partial charge in [0.15, 0.2) is 0 Å². The lowest BCUT2D eigenvalue weighted by Crippen LogP contribution is -2.08. The molecule has 88 valence electrons. The van der Waals surface area contributed by atoms with Gasteiger partial charge in [-0.05, 0) is 46.3 Å². The predicted molar refractivity (Wildman–Crippen MR) is 76.0 cm³/mol. The van der Waals surface area contributed by atoms with Crippen molar-refractivity contribution in [1.82, 2.24) is 4.98 Å². The fraction of sp³-hybridized carbons (Fsp3) is 0.154. The van der Waals surface area contributed by atoms with Crippen LogP contribution in [0.5, 0.6) is 0 Å². The van der Waals surface area contributed by atoms with Crippen LogP contribution in [-0.4, -0.2) is 19.1 Å². The molecule has 0 radical (unpaired) electrons. The molecule has 0 saturated carbocycles. The summed E-state index contributed by atoms with van der Waals surface area (Å²) in [5.74, 6) is 0. The molecular formula is C13H14BrN3. The first-order valence-corrected chi connectivity index (χ1v) is 6.09. The third-order valence-corrected chi connectivity index (χ3v) is 2.81. The van der Waals surface area contributed by atoms with Crippen molar-refractivity contribution in [3.05, 3.63) is 47.2 Å². The first kappa shape index (κ1) is 11.9. The molecule has 0 aliphatic rings. The topological polar surface area (TPSA) is 28.2 Å². The van der Waals surface area contributed by atoms with E-state index in [1.807, 2.05) is 20.2 Å². The highest BCUT2D eigenvalue weighted by Crippen LogP contribution is 2.21. The van der Waals surface area contributed by atoms with Crippen LogP contribution in [0.4, 0.5) is 17.1 Å². The Kier molecular flexibility index (Phi) is 3.64. The molecule has 3 nitrogen and oxygen atoms in total. The molecule has 1 aromatic heterocycles. The van der Waals surface area contributed by atoms with Crippen molar-refractivity contribution in [3.63, 3.8) is 0 Å². The normalized spacial score (nSPS) is 10.1. The molecule has 1 aromatic carbocycles. The summed E-state index contributed by atoms with van der Waals surface area (Å²) in [5.41, 5.74) is 3.20. The van der Waals surface area contributed by atoms with E-state index in [2.05, 4.69) is 55.4 Å². The number of nitrogens with zero attached hydrogens (tertiary/aromatic N) is 2. The van der Waals surface area contributed by atoms with E-state index in [1.165, 1.54) is 5.69 Å². The van der Waals surface area contributed by atoms with E-state index in [0.29, 0.717) is 0 Å². The SMILES string of the molecule is CN(C)c1ccc(Nc2cncc(Br)c2)cc1. The van der Waals surface area contributed by atoms with Gasteiger partial charge in [-0.15, -0.1) is 0 Å². The van der Waals surface area contributed by atoms with Crippen LogP contribution in [0.15, 0.2) is 47.2 Å². The van der Waals surface area contributed by atoms with Gasteiger partial charge < -0.3 is 10.2 Å². The van der Waals surface area contributed by atoms with E-state index < -0.39 is 0 Å². The molecule has 0 spiro atoms. The molecule has 1 N–H and O–H groups in total. The number of aromatic nitrogens is 1. The van der Waals surface area contributed by atoms with Gasteiger partial charge in [-0.1, -0.05) is 0 Å². The number of hydrogen-bond acceptors (Lipinski definition) is 3.